The van der Waals surface area contributed by atoms with Gasteiger partial charge in [0.1, 0.15) is 5.75 Å². The van der Waals surface area contributed by atoms with E-state index in [0.717, 1.165) is 6.42 Å². The standard InChI is InChI=1S/C10H13Cl2N3O/c11-7-4-8(12)6-9(5-7)16-3-1-2-15-10(13)14/h4-6H,1-3H2,(H4,13,14,15). The average Bonchev–Trinajstić information content (AvgIpc) is 2.15. The highest BCUT2D eigenvalue weighted by atomic mass is 35.5. The van der Waals surface area contributed by atoms with Gasteiger partial charge in [-0.3, -0.25) is 4.99 Å². The van der Waals surface area contributed by atoms with Crippen LogP contribution in [0.1, 0.15) is 6.42 Å². The molecule has 0 spiro atoms. The van der Waals surface area contributed by atoms with Crippen LogP contribution in [0.2, 0.25) is 10.0 Å². The number of rotatable bonds is 5. The molecule has 0 bridgehead atoms. The van der Waals surface area contributed by atoms with Gasteiger partial charge in [-0.25, -0.2) is 0 Å². The summed E-state index contributed by atoms with van der Waals surface area (Å²) in [6.45, 7) is 1.05. The number of guanidine groups is 1. The molecule has 0 radical (unpaired) electrons. The van der Waals surface area contributed by atoms with Gasteiger partial charge < -0.3 is 16.2 Å². The molecule has 0 saturated carbocycles. The Hall–Kier alpha value is -1.13. The fourth-order valence-electron chi connectivity index (χ4n) is 1.07. The summed E-state index contributed by atoms with van der Waals surface area (Å²) in [5, 5.41) is 1.10. The number of ether oxygens (including phenoxy) is 1. The van der Waals surface area contributed by atoms with E-state index < -0.39 is 0 Å². The minimum Gasteiger partial charge on any atom is -0.493 e. The Labute approximate surface area is 104 Å². The van der Waals surface area contributed by atoms with E-state index in [1.54, 1.807) is 18.2 Å². The van der Waals surface area contributed by atoms with Crippen molar-refractivity contribution in [1.82, 2.24) is 0 Å². The zero-order valence-electron chi connectivity index (χ0n) is 8.62. The van der Waals surface area contributed by atoms with Crippen LogP contribution in [-0.2, 0) is 0 Å². The van der Waals surface area contributed by atoms with E-state index in [9.17, 15) is 0 Å². The molecule has 88 valence electrons. The normalized spacial score (nSPS) is 9.88. The van der Waals surface area contributed by atoms with Gasteiger partial charge in [0.15, 0.2) is 5.96 Å². The van der Waals surface area contributed by atoms with Gasteiger partial charge in [0.25, 0.3) is 0 Å². The van der Waals surface area contributed by atoms with E-state index in [1.165, 1.54) is 0 Å². The van der Waals surface area contributed by atoms with E-state index in [-0.39, 0.29) is 5.96 Å². The number of hydrogen-bond acceptors (Lipinski definition) is 2. The monoisotopic (exact) mass is 261 g/mol. The minimum absolute atomic E-state index is 0.0887. The molecule has 4 nitrogen and oxygen atoms in total. The molecule has 0 amide bonds. The quantitative estimate of drug-likeness (QED) is 0.484. The van der Waals surface area contributed by atoms with E-state index in [2.05, 4.69) is 4.99 Å². The predicted octanol–water partition coefficient (Wildman–Crippen LogP) is 2.04. The number of nitrogens with zero attached hydrogens (tertiary/aromatic N) is 1. The highest BCUT2D eigenvalue weighted by molar-refractivity contribution is 6.34. The van der Waals surface area contributed by atoms with Gasteiger partial charge in [-0.15, -0.1) is 0 Å². The number of hydrogen-bond donors (Lipinski definition) is 2. The maximum Gasteiger partial charge on any atom is 0.185 e. The number of benzene rings is 1. The van der Waals surface area contributed by atoms with Gasteiger partial charge in [0.2, 0.25) is 0 Å². The van der Waals surface area contributed by atoms with Crippen LogP contribution < -0.4 is 16.2 Å². The third-order valence-corrected chi connectivity index (χ3v) is 2.14. The fourth-order valence-corrected chi connectivity index (χ4v) is 1.58. The summed E-state index contributed by atoms with van der Waals surface area (Å²) < 4.78 is 5.43. The van der Waals surface area contributed by atoms with Gasteiger partial charge in [-0.1, -0.05) is 23.2 Å². The van der Waals surface area contributed by atoms with Crippen molar-refractivity contribution in [2.45, 2.75) is 6.42 Å². The van der Waals surface area contributed by atoms with E-state index >= 15 is 0 Å². The van der Waals surface area contributed by atoms with Crippen molar-refractivity contribution in [1.29, 1.82) is 0 Å². The Balaban J connectivity index is 2.34. The molecule has 0 heterocycles. The summed E-state index contributed by atoms with van der Waals surface area (Å²) in [6.07, 6.45) is 0.724. The Kier molecular flexibility index (Phi) is 5.22. The largest absolute Gasteiger partial charge is 0.493 e. The summed E-state index contributed by atoms with van der Waals surface area (Å²) in [5.41, 5.74) is 10.4. The highest BCUT2D eigenvalue weighted by Gasteiger charge is 1.98. The van der Waals surface area contributed by atoms with Crippen molar-refractivity contribution < 1.29 is 4.74 Å². The zero-order chi connectivity index (χ0) is 12.0. The third-order valence-electron chi connectivity index (χ3n) is 1.70. The summed E-state index contributed by atoms with van der Waals surface area (Å²) in [4.78, 5) is 3.83. The summed E-state index contributed by atoms with van der Waals surface area (Å²) in [5.74, 6) is 0.730. The smallest absolute Gasteiger partial charge is 0.185 e. The van der Waals surface area contributed by atoms with Crippen molar-refractivity contribution in [3.8, 4) is 5.75 Å². The molecule has 0 unspecified atom stereocenters. The van der Waals surface area contributed by atoms with Gasteiger partial charge >= 0.3 is 0 Å². The molecule has 0 aliphatic rings. The van der Waals surface area contributed by atoms with E-state index in [0.29, 0.717) is 28.9 Å². The second-order valence-corrected chi connectivity index (χ2v) is 3.99. The molecule has 6 heteroatoms. The molecular formula is C10H13Cl2N3O. The lowest BCUT2D eigenvalue weighted by atomic mass is 10.3. The molecule has 0 aliphatic carbocycles. The van der Waals surface area contributed by atoms with Crippen LogP contribution in [0.4, 0.5) is 0 Å². The van der Waals surface area contributed by atoms with Gasteiger partial charge in [0.05, 0.1) is 6.61 Å². The second kappa shape index (κ2) is 6.45. The molecule has 0 saturated heterocycles. The van der Waals surface area contributed by atoms with Crippen LogP contribution in [0.25, 0.3) is 0 Å². The Bertz CT molecular complexity index is 358. The maximum atomic E-state index is 5.81. The topological polar surface area (TPSA) is 73.6 Å². The average molecular weight is 262 g/mol. The molecule has 1 aromatic carbocycles. The summed E-state index contributed by atoms with van der Waals surface area (Å²) in [7, 11) is 0. The third kappa shape index (κ3) is 5.09. The minimum atomic E-state index is 0.0887. The first-order chi connectivity index (χ1) is 7.58. The molecule has 1 rings (SSSR count). The van der Waals surface area contributed by atoms with E-state index in [1.807, 2.05) is 0 Å². The maximum absolute atomic E-state index is 5.81. The van der Waals surface area contributed by atoms with E-state index in [4.69, 9.17) is 39.4 Å². The van der Waals surface area contributed by atoms with Gasteiger partial charge in [-0.2, -0.15) is 0 Å². The summed E-state index contributed by atoms with van der Waals surface area (Å²) >= 11 is 11.6. The van der Waals surface area contributed by atoms with Crippen LogP contribution in [0.3, 0.4) is 0 Å². The lowest BCUT2D eigenvalue weighted by molar-refractivity contribution is 0.313. The first-order valence-corrected chi connectivity index (χ1v) is 5.48. The van der Waals surface area contributed by atoms with Crippen LogP contribution in [0, 0.1) is 0 Å². The predicted molar refractivity (Wildman–Crippen MR) is 67.3 cm³/mol. The fraction of sp³-hybridized carbons (Fsp3) is 0.300. The molecule has 4 N–H and O–H groups in total. The Morgan fingerprint density at radius 2 is 1.81 bits per heavy atom. The van der Waals surface area contributed by atoms with Gasteiger partial charge in [-0.05, 0) is 18.2 Å². The second-order valence-electron chi connectivity index (χ2n) is 3.11. The Morgan fingerprint density at radius 1 is 1.19 bits per heavy atom. The molecule has 0 atom stereocenters. The lowest BCUT2D eigenvalue weighted by Gasteiger charge is -2.06. The van der Waals surface area contributed by atoms with Crippen molar-refractivity contribution in [3.63, 3.8) is 0 Å². The molecule has 0 aromatic heterocycles. The lowest BCUT2D eigenvalue weighted by Crippen LogP contribution is -2.23. The number of aliphatic imine (C=N–C) groups is 1. The molecule has 0 fully saturated rings. The molecular weight excluding hydrogens is 249 g/mol. The van der Waals surface area contributed by atoms with Crippen LogP contribution >= 0.6 is 23.2 Å². The Morgan fingerprint density at radius 3 is 2.38 bits per heavy atom. The SMILES string of the molecule is NC(N)=NCCCOc1cc(Cl)cc(Cl)c1. The molecule has 0 aliphatic heterocycles. The van der Waals surface area contributed by atoms with Crippen molar-refractivity contribution >= 4 is 29.2 Å². The molecule has 16 heavy (non-hydrogen) atoms. The molecule has 1 aromatic rings. The summed E-state index contributed by atoms with van der Waals surface area (Å²) in [6, 6.07) is 5.05. The van der Waals surface area contributed by atoms with Crippen LogP contribution in [-0.4, -0.2) is 19.1 Å². The first kappa shape index (κ1) is 12.9. The highest BCUT2D eigenvalue weighted by Crippen LogP contribution is 2.24. The first-order valence-electron chi connectivity index (χ1n) is 4.72. The van der Waals surface area contributed by atoms with Crippen LogP contribution in [0.15, 0.2) is 23.2 Å². The zero-order valence-corrected chi connectivity index (χ0v) is 10.1. The van der Waals surface area contributed by atoms with Crippen molar-refractivity contribution in [3.05, 3.63) is 28.2 Å². The number of halogens is 2. The van der Waals surface area contributed by atoms with Crippen molar-refractivity contribution in [2.75, 3.05) is 13.2 Å². The van der Waals surface area contributed by atoms with Gasteiger partial charge in [0, 0.05) is 23.0 Å². The van der Waals surface area contributed by atoms with Crippen molar-refractivity contribution in [2.24, 2.45) is 16.5 Å². The number of nitrogens with two attached hydrogens (primary N) is 2. The van der Waals surface area contributed by atoms with Crippen LogP contribution in [0.5, 0.6) is 5.75 Å².